The van der Waals surface area contributed by atoms with Crippen molar-refractivity contribution in [1.29, 1.82) is 5.26 Å². The van der Waals surface area contributed by atoms with E-state index >= 15 is 0 Å². The Bertz CT molecular complexity index is 862. The first-order valence-corrected chi connectivity index (χ1v) is 10.1. The molecule has 0 radical (unpaired) electrons. The SMILES string of the molecule is Cn1c([C@@H]2CCCN2CC(=O)Nc2sccc2C#N)nc2c1CCCC2. The number of likely N-dealkylation sites (tertiary alicyclic amines) is 1. The van der Waals surface area contributed by atoms with Crippen LogP contribution in [0.2, 0.25) is 0 Å². The van der Waals surface area contributed by atoms with Gasteiger partial charge in [0.1, 0.15) is 16.9 Å². The third kappa shape index (κ3) is 3.15. The number of hydrogen-bond donors (Lipinski definition) is 1. The molecule has 2 aromatic heterocycles. The number of carbonyl (C=O) groups excluding carboxylic acids is 1. The maximum Gasteiger partial charge on any atom is 0.239 e. The van der Waals surface area contributed by atoms with Gasteiger partial charge in [-0.15, -0.1) is 11.3 Å². The van der Waals surface area contributed by atoms with Gasteiger partial charge >= 0.3 is 0 Å². The van der Waals surface area contributed by atoms with Gasteiger partial charge in [0, 0.05) is 12.7 Å². The molecule has 2 aromatic rings. The van der Waals surface area contributed by atoms with Crippen molar-refractivity contribution < 1.29 is 4.79 Å². The Morgan fingerprint density at radius 2 is 2.27 bits per heavy atom. The first-order chi connectivity index (χ1) is 12.7. The van der Waals surface area contributed by atoms with Gasteiger partial charge in [-0.05, 0) is 56.5 Å². The number of nitriles is 1. The van der Waals surface area contributed by atoms with Crippen molar-refractivity contribution in [2.24, 2.45) is 7.05 Å². The van der Waals surface area contributed by atoms with Crippen molar-refractivity contribution in [2.45, 2.75) is 44.6 Å². The van der Waals surface area contributed by atoms with Crippen molar-refractivity contribution in [1.82, 2.24) is 14.5 Å². The summed E-state index contributed by atoms with van der Waals surface area (Å²) >= 11 is 1.39. The van der Waals surface area contributed by atoms with Gasteiger partial charge in [0.05, 0.1) is 23.8 Å². The maximum atomic E-state index is 12.5. The maximum absolute atomic E-state index is 12.5. The molecule has 1 saturated heterocycles. The van der Waals surface area contributed by atoms with Crippen LogP contribution in [0.5, 0.6) is 0 Å². The van der Waals surface area contributed by atoms with Crippen molar-refractivity contribution in [2.75, 3.05) is 18.4 Å². The van der Waals surface area contributed by atoms with Gasteiger partial charge in [0.2, 0.25) is 5.91 Å². The zero-order valence-corrected chi connectivity index (χ0v) is 15.8. The van der Waals surface area contributed by atoms with Gasteiger partial charge in [-0.25, -0.2) is 4.98 Å². The molecule has 1 aliphatic carbocycles. The molecule has 1 N–H and O–H groups in total. The number of anilines is 1. The van der Waals surface area contributed by atoms with Gasteiger partial charge in [0.25, 0.3) is 0 Å². The molecular formula is C19H23N5OS. The molecule has 1 fully saturated rings. The molecule has 6 nitrogen and oxygen atoms in total. The van der Waals surface area contributed by atoms with Gasteiger partial charge in [0.15, 0.2) is 0 Å². The molecule has 1 amide bonds. The van der Waals surface area contributed by atoms with E-state index in [-0.39, 0.29) is 11.9 Å². The number of fused-ring (bicyclic) bond motifs is 1. The Balaban J connectivity index is 1.48. The molecule has 3 heterocycles. The highest BCUT2D eigenvalue weighted by molar-refractivity contribution is 7.14. The summed E-state index contributed by atoms with van der Waals surface area (Å²) in [6.45, 7) is 1.25. The number of aryl methyl sites for hydroxylation is 1. The minimum atomic E-state index is -0.0603. The van der Waals surface area contributed by atoms with Crippen molar-refractivity contribution in [3.05, 3.63) is 34.2 Å². The Morgan fingerprint density at radius 1 is 1.42 bits per heavy atom. The summed E-state index contributed by atoms with van der Waals surface area (Å²) in [6.07, 6.45) is 6.78. The van der Waals surface area contributed by atoms with E-state index in [1.807, 2.05) is 5.38 Å². The Morgan fingerprint density at radius 3 is 3.08 bits per heavy atom. The Labute approximate surface area is 157 Å². The van der Waals surface area contributed by atoms with Gasteiger partial charge in [-0.2, -0.15) is 5.26 Å². The summed E-state index contributed by atoms with van der Waals surface area (Å²) in [5, 5.41) is 14.4. The predicted octanol–water partition coefficient (Wildman–Crippen LogP) is 3.01. The summed E-state index contributed by atoms with van der Waals surface area (Å²) in [5.74, 6) is 1.05. The topological polar surface area (TPSA) is 74.0 Å². The average molecular weight is 369 g/mol. The van der Waals surface area contributed by atoms with Crippen molar-refractivity contribution >= 4 is 22.2 Å². The van der Waals surface area contributed by atoms with E-state index in [1.165, 1.54) is 35.6 Å². The zero-order valence-electron chi connectivity index (χ0n) is 15.0. The fourth-order valence-electron chi connectivity index (χ4n) is 4.16. The second-order valence-electron chi connectivity index (χ2n) is 7.08. The molecule has 2 aliphatic rings. The second-order valence-corrected chi connectivity index (χ2v) is 8.00. The van der Waals surface area contributed by atoms with E-state index in [9.17, 15) is 4.79 Å². The number of imidazole rings is 1. The summed E-state index contributed by atoms with van der Waals surface area (Å²) in [5.41, 5.74) is 3.15. The first kappa shape index (κ1) is 17.3. The van der Waals surface area contributed by atoms with Gasteiger partial charge in [-0.3, -0.25) is 9.69 Å². The molecule has 0 spiro atoms. The van der Waals surface area contributed by atoms with Crippen LogP contribution in [0.3, 0.4) is 0 Å². The lowest BCUT2D eigenvalue weighted by Gasteiger charge is -2.23. The fourth-order valence-corrected chi connectivity index (χ4v) is 4.91. The molecule has 4 rings (SSSR count). The van der Waals surface area contributed by atoms with Crippen LogP contribution in [0.1, 0.15) is 54.5 Å². The van der Waals surface area contributed by atoms with Crippen LogP contribution in [0.15, 0.2) is 11.4 Å². The van der Waals surface area contributed by atoms with E-state index in [0.29, 0.717) is 17.1 Å². The van der Waals surface area contributed by atoms with E-state index in [4.69, 9.17) is 10.2 Å². The molecule has 1 aliphatic heterocycles. The minimum Gasteiger partial charge on any atom is -0.334 e. The lowest BCUT2D eigenvalue weighted by molar-refractivity contribution is -0.117. The fraction of sp³-hybridized carbons (Fsp3) is 0.526. The minimum absolute atomic E-state index is 0.0603. The third-order valence-corrected chi connectivity index (χ3v) is 6.29. The standard InChI is InChI=1S/C19H23N5OS/c1-23-15-6-3-2-5-14(15)21-18(23)16-7-4-9-24(16)12-17(25)22-19-13(11-20)8-10-26-19/h8,10,16H,2-7,9,12H2,1H3,(H,22,25)/t16-/m0/s1. The quantitative estimate of drug-likeness (QED) is 0.899. The number of rotatable bonds is 4. The average Bonchev–Trinajstić information content (AvgIpc) is 3.35. The molecule has 26 heavy (non-hydrogen) atoms. The summed E-state index contributed by atoms with van der Waals surface area (Å²) in [4.78, 5) is 19.7. The van der Waals surface area contributed by atoms with Crippen LogP contribution < -0.4 is 5.32 Å². The summed E-state index contributed by atoms with van der Waals surface area (Å²) in [7, 11) is 2.12. The number of carbonyl (C=O) groups is 1. The summed E-state index contributed by atoms with van der Waals surface area (Å²) in [6, 6.07) is 4.05. The third-order valence-electron chi connectivity index (χ3n) is 5.46. The molecule has 136 valence electrons. The zero-order chi connectivity index (χ0) is 18.1. The van der Waals surface area contributed by atoms with E-state index in [0.717, 1.165) is 38.1 Å². The number of nitrogens with one attached hydrogen (secondary N) is 1. The highest BCUT2D eigenvalue weighted by Gasteiger charge is 2.32. The van der Waals surface area contributed by atoms with E-state index < -0.39 is 0 Å². The van der Waals surface area contributed by atoms with Gasteiger partial charge < -0.3 is 9.88 Å². The molecule has 1 atom stereocenters. The smallest absolute Gasteiger partial charge is 0.239 e. The second kappa shape index (κ2) is 7.22. The Kier molecular flexibility index (Phi) is 4.79. The number of nitrogens with zero attached hydrogens (tertiary/aromatic N) is 4. The van der Waals surface area contributed by atoms with Crippen LogP contribution in [0.4, 0.5) is 5.00 Å². The Hall–Kier alpha value is -2.17. The lowest BCUT2D eigenvalue weighted by atomic mass is 10.0. The van der Waals surface area contributed by atoms with Crippen LogP contribution in [0.25, 0.3) is 0 Å². The molecule has 0 aromatic carbocycles. The largest absolute Gasteiger partial charge is 0.334 e. The number of aromatic nitrogens is 2. The summed E-state index contributed by atoms with van der Waals surface area (Å²) < 4.78 is 2.27. The van der Waals surface area contributed by atoms with Crippen LogP contribution >= 0.6 is 11.3 Å². The number of amides is 1. The first-order valence-electron chi connectivity index (χ1n) is 9.23. The van der Waals surface area contributed by atoms with Crippen LogP contribution in [0, 0.1) is 11.3 Å². The highest BCUT2D eigenvalue weighted by Crippen LogP contribution is 2.33. The normalized spacial score (nSPS) is 19.9. The number of hydrogen-bond acceptors (Lipinski definition) is 5. The molecule has 0 saturated carbocycles. The van der Waals surface area contributed by atoms with E-state index in [1.54, 1.807) is 6.07 Å². The number of thiophene rings is 1. The molecule has 0 unspecified atom stereocenters. The molecular weight excluding hydrogens is 346 g/mol. The van der Waals surface area contributed by atoms with E-state index in [2.05, 4.69) is 27.9 Å². The predicted molar refractivity (Wildman–Crippen MR) is 101 cm³/mol. The molecule has 7 heteroatoms. The molecule has 0 bridgehead atoms. The van der Waals surface area contributed by atoms with Gasteiger partial charge in [-0.1, -0.05) is 0 Å². The van der Waals surface area contributed by atoms with Crippen LogP contribution in [-0.4, -0.2) is 33.4 Å². The van der Waals surface area contributed by atoms with Crippen molar-refractivity contribution in [3.63, 3.8) is 0 Å². The van der Waals surface area contributed by atoms with Crippen molar-refractivity contribution in [3.8, 4) is 6.07 Å². The van der Waals surface area contributed by atoms with Crippen LogP contribution in [-0.2, 0) is 24.7 Å². The monoisotopic (exact) mass is 369 g/mol. The highest BCUT2D eigenvalue weighted by atomic mass is 32.1. The lowest BCUT2D eigenvalue weighted by Crippen LogP contribution is -2.33.